The molecule has 1 heterocycles. The summed E-state index contributed by atoms with van der Waals surface area (Å²) in [6.45, 7) is 1.99. The average molecular weight is 365 g/mol. The van der Waals surface area contributed by atoms with Crippen molar-refractivity contribution in [2.45, 2.75) is 13.3 Å². The number of carbonyl (C=O) groups excluding carboxylic acids is 1. The quantitative estimate of drug-likeness (QED) is 0.518. The molecule has 0 spiro atoms. The zero-order chi connectivity index (χ0) is 19.2. The van der Waals surface area contributed by atoms with E-state index in [0.717, 1.165) is 0 Å². The van der Waals surface area contributed by atoms with Gasteiger partial charge in [0.15, 0.2) is 0 Å². The molecule has 27 heavy (non-hydrogen) atoms. The van der Waals surface area contributed by atoms with Gasteiger partial charge < -0.3 is 9.84 Å². The first kappa shape index (κ1) is 18.2. The van der Waals surface area contributed by atoms with Crippen molar-refractivity contribution >= 4 is 17.9 Å². The zero-order valence-electron chi connectivity index (χ0n) is 14.8. The number of nitrogens with one attached hydrogen (secondary N) is 1. The second-order valence-corrected chi connectivity index (χ2v) is 5.74. The van der Waals surface area contributed by atoms with Crippen molar-refractivity contribution < 1.29 is 14.6 Å². The van der Waals surface area contributed by atoms with E-state index < -0.39 is 5.97 Å². The number of aromatic hydroxyl groups is 1. The van der Waals surface area contributed by atoms with Crippen LogP contribution in [0.4, 0.5) is 5.69 Å². The Morgan fingerprint density at radius 2 is 1.89 bits per heavy atom. The third-order valence-electron chi connectivity index (χ3n) is 3.84. The molecule has 1 aromatic heterocycles. The van der Waals surface area contributed by atoms with E-state index in [4.69, 9.17) is 4.74 Å². The van der Waals surface area contributed by atoms with Crippen LogP contribution in [0.5, 0.6) is 5.75 Å². The average Bonchev–Trinajstić information content (AvgIpc) is 2.97. The summed E-state index contributed by atoms with van der Waals surface area (Å²) in [7, 11) is 0. The highest BCUT2D eigenvalue weighted by Gasteiger charge is 2.17. The standard InChI is InChI=1S/C20H19N3O4/c1-2-27-19(25)12-18-17(13-21-14-8-10-16(24)11-9-14)20(26)23(22-18)15-6-4-3-5-7-15/h3-11,13,22,24H,2,12H2,1H3. The highest BCUT2D eigenvalue weighted by Crippen LogP contribution is 2.17. The number of ether oxygens (including phenoxy) is 1. The number of aromatic amines is 1. The van der Waals surface area contributed by atoms with E-state index in [1.165, 1.54) is 23.0 Å². The van der Waals surface area contributed by atoms with Gasteiger partial charge in [0.05, 0.1) is 35.7 Å². The summed E-state index contributed by atoms with van der Waals surface area (Å²) in [4.78, 5) is 29.0. The molecule has 0 aliphatic carbocycles. The molecule has 0 atom stereocenters. The SMILES string of the molecule is CCOC(=O)Cc1[nH]n(-c2ccccc2)c(=O)c1C=Nc1ccc(O)cc1. The lowest BCUT2D eigenvalue weighted by atomic mass is 10.2. The van der Waals surface area contributed by atoms with Crippen LogP contribution in [0.25, 0.3) is 5.69 Å². The lowest BCUT2D eigenvalue weighted by Gasteiger charge is -2.02. The summed E-state index contributed by atoms with van der Waals surface area (Å²) in [5, 5.41) is 12.3. The molecule has 138 valence electrons. The smallest absolute Gasteiger partial charge is 0.311 e. The van der Waals surface area contributed by atoms with Gasteiger partial charge in [0, 0.05) is 6.21 Å². The van der Waals surface area contributed by atoms with Gasteiger partial charge in [0.1, 0.15) is 5.75 Å². The van der Waals surface area contributed by atoms with Crippen molar-refractivity contribution in [3.05, 3.63) is 76.2 Å². The number of benzene rings is 2. The van der Waals surface area contributed by atoms with Crippen molar-refractivity contribution in [2.24, 2.45) is 4.99 Å². The molecule has 0 radical (unpaired) electrons. The Balaban J connectivity index is 2.01. The molecule has 0 fully saturated rings. The number of phenols is 1. The lowest BCUT2D eigenvalue weighted by molar-refractivity contribution is -0.142. The Morgan fingerprint density at radius 1 is 1.19 bits per heavy atom. The topological polar surface area (TPSA) is 96.7 Å². The highest BCUT2D eigenvalue weighted by molar-refractivity contribution is 5.85. The van der Waals surface area contributed by atoms with Gasteiger partial charge >= 0.3 is 5.97 Å². The molecule has 7 heteroatoms. The molecule has 0 amide bonds. The molecular weight excluding hydrogens is 346 g/mol. The molecule has 0 aliphatic rings. The van der Waals surface area contributed by atoms with Gasteiger partial charge in [-0.1, -0.05) is 18.2 Å². The van der Waals surface area contributed by atoms with Crippen molar-refractivity contribution in [3.63, 3.8) is 0 Å². The summed E-state index contributed by atoms with van der Waals surface area (Å²) < 4.78 is 6.36. The van der Waals surface area contributed by atoms with E-state index in [2.05, 4.69) is 10.1 Å². The third-order valence-corrected chi connectivity index (χ3v) is 3.84. The molecule has 0 saturated heterocycles. The van der Waals surface area contributed by atoms with Crippen molar-refractivity contribution in [3.8, 4) is 11.4 Å². The van der Waals surface area contributed by atoms with E-state index in [9.17, 15) is 14.7 Å². The summed E-state index contributed by atoms with van der Waals surface area (Å²) in [6.07, 6.45) is 1.35. The highest BCUT2D eigenvalue weighted by atomic mass is 16.5. The first-order valence-corrected chi connectivity index (χ1v) is 8.46. The Bertz CT molecular complexity index is 1000. The molecule has 3 rings (SSSR count). The van der Waals surface area contributed by atoms with Crippen LogP contribution in [-0.2, 0) is 16.0 Å². The van der Waals surface area contributed by atoms with Crippen molar-refractivity contribution in [2.75, 3.05) is 6.61 Å². The summed E-state index contributed by atoms with van der Waals surface area (Å²) in [5.41, 5.74) is 1.60. The molecule has 2 N–H and O–H groups in total. The fraction of sp³-hybridized carbons (Fsp3) is 0.150. The summed E-state index contributed by atoms with van der Waals surface area (Å²) >= 11 is 0. The fourth-order valence-corrected chi connectivity index (χ4v) is 2.56. The molecular formula is C20H19N3O4. The first-order chi connectivity index (χ1) is 13.1. The second kappa shape index (κ2) is 8.18. The maximum atomic E-state index is 12.9. The minimum Gasteiger partial charge on any atom is -0.508 e. The Morgan fingerprint density at radius 3 is 2.56 bits per heavy atom. The predicted molar refractivity (Wildman–Crippen MR) is 102 cm³/mol. The molecule has 3 aromatic rings. The first-order valence-electron chi connectivity index (χ1n) is 8.46. The third kappa shape index (κ3) is 4.33. The van der Waals surface area contributed by atoms with Gasteiger partial charge in [-0.25, -0.2) is 4.68 Å². The molecule has 7 nitrogen and oxygen atoms in total. The van der Waals surface area contributed by atoms with E-state index in [1.54, 1.807) is 31.2 Å². The maximum absolute atomic E-state index is 12.9. The Kier molecular flexibility index (Phi) is 5.51. The number of phenolic OH excluding ortho intramolecular Hbond substituents is 1. The largest absolute Gasteiger partial charge is 0.508 e. The minimum atomic E-state index is -0.432. The van der Waals surface area contributed by atoms with Crippen LogP contribution in [-0.4, -0.2) is 33.7 Å². The van der Waals surface area contributed by atoms with Crippen LogP contribution >= 0.6 is 0 Å². The van der Waals surface area contributed by atoms with E-state index in [0.29, 0.717) is 17.1 Å². The van der Waals surface area contributed by atoms with Gasteiger partial charge in [0.25, 0.3) is 5.56 Å². The number of esters is 1. The molecule has 0 bridgehead atoms. The maximum Gasteiger partial charge on any atom is 0.311 e. The van der Waals surface area contributed by atoms with Crippen LogP contribution in [0.15, 0.2) is 64.4 Å². The number of H-pyrrole nitrogens is 1. The minimum absolute atomic E-state index is 0.0696. The number of aromatic nitrogens is 2. The lowest BCUT2D eigenvalue weighted by Crippen LogP contribution is -2.17. The molecule has 0 unspecified atom stereocenters. The Labute approximate surface area is 155 Å². The number of para-hydroxylation sites is 1. The van der Waals surface area contributed by atoms with Gasteiger partial charge in [0.2, 0.25) is 0 Å². The molecule has 2 aromatic carbocycles. The van der Waals surface area contributed by atoms with Gasteiger partial charge in [-0.3, -0.25) is 19.7 Å². The van der Waals surface area contributed by atoms with Gasteiger partial charge in [-0.05, 0) is 43.3 Å². The van der Waals surface area contributed by atoms with Crippen LogP contribution in [0.1, 0.15) is 18.2 Å². The number of carbonyl (C=O) groups is 1. The van der Waals surface area contributed by atoms with Crippen LogP contribution in [0.3, 0.4) is 0 Å². The van der Waals surface area contributed by atoms with Crippen LogP contribution < -0.4 is 5.56 Å². The van der Waals surface area contributed by atoms with Gasteiger partial charge in [-0.15, -0.1) is 0 Å². The van der Waals surface area contributed by atoms with Crippen LogP contribution in [0.2, 0.25) is 0 Å². The number of aliphatic imine (C=N–C) groups is 1. The number of nitrogens with zero attached hydrogens (tertiary/aromatic N) is 2. The number of hydrogen-bond donors (Lipinski definition) is 2. The monoisotopic (exact) mass is 365 g/mol. The fourth-order valence-electron chi connectivity index (χ4n) is 2.56. The van der Waals surface area contributed by atoms with Crippen molar-refractivity contribution in [1.82, 2.24) is 9.78 Å². The second-order valence-electron chi connectivity index (χ2n) is 5.74. The number of hydrogen-bond acceptors (Lipinski definition) is 5. The van der Waals surface area contributed by atoms with Crippen LogP contribution in [0, 0.1) is 0 Å². The summed E-state index contributed by atoms with van der Waals surface area (Å²) in [6, 6.07) is 15.3. The Hall–Kier alpha value is -3.61. The number of rotatable bonds is 6. The molecule has 0 saturated carbocycles. The van der Waals surface area contributed by atoms with Crippen molar-refractivity contribution in [1.29, 1.82) is 0 Å². The normalized spacial score (nSPS) is 11.0. The summed E-state index contributed by atoms with van der Waals surface area (Å²) in [5.74, 6) is -0.303. The molecule has 0 aliphatic heterocycles. The van der Waals surface area contributed by atoms with Gasteiger partial charge in [-0.2, -0.15) is 0 Å². The predicted octanol–water partition coefficient (Wildman–Crippen LogP) is 2.73. The van der Waals surface area contributed by atoms with E-state index in [1.807, 2.05) is 18.2 Å². The van der Waals surface area contributed by atoms with E-state index >= 15 is 0 Å². The zero-order valence-corrected chi connectivity index (χ0v) is 14.8. The van der Waals surface area contributed by atoms with E-state index in [-0.39, 0.29) is 29.9 Å².